The van der Waals surface area contributed by atoms with Crippen LogP contribution in [0.15, 0.2) is 59.5 Å². The number of benzene rings is 2. The minimum Gasteiger partial charge on any atom is -0.497 e. The molecule has 10 nitrogen and oxygen atoms in total. The van der Waals surface area contributed by atoms with Gasteiger partial charge in [-0.2, -0.15) is 4.31 Å². The topological polar surface area (TPSA) is 126 Å². The van der Waals surface area contributed by atoms with E-state index in [2.05, 4.69) is 10.6 Å². The Labute approximate surface area is 237 Å². The van der Waals surface area contributed by atoms with Gasteiger partial charge in [-0.05, 0) is 74.5 Å². The molecule has 2 aliphatic rings. The van der Waals surface area contributed by atoms with Crippen molar-refractivity contribution < 1.29 is 32.5 Å². The molecular formula is C29H41N3O7S. The zero-order chi connectivity index (χ0) is 28.4. The van der Waals surface area contributed by atoms with E-state index in [4.69, 9.17) is 14.2 Å². The van der Waals surface area contributed by atoms with Crippen molar-refractivity contribution >= 4 is 16.1 Å². The van der Waals surface area contributed by atoms with Crippen molar-refractivity contribution in [2.45, 2.75) is 55.2 Å². The summed E-state index contributed by atoms with van der Waals surface area (Å²) < 4.78 is 44.9. The van der Waals surface area contributed by atoms with Crippen LogP contribution in [0.25, 0.3) is 0 Å². The van der Waals surface area contributed by atoms with Crippen molar-refractivity contribution in [1.82, 2.24) is 14.9 Å². The lowest BCUT2D eigenvalue weighted by Crippen LogP contribution is -2.51. The molecule has 0 bridgehead atoms. The van der Waals surface area contributed by atoms with Gasteiger partial charge < -0.3 is 30.0 Å². The third-order valence-corrected chi connectivity index (χ3v) is 9.44. The quantitative estimate of drug-likeness (QED) is 0.333. The number of hydrogen-bond acceptors (Lipinski definition) is 8. The van der Waals surface area contributed by atoms with Crippen LogP contribution in [-0.2, 0) is 25.9 Å². The predicted octanol–water partition coefficient (Wildman–Crippen LogP) is 2.56. The van der Waals surface area contributed by atoms with Crippen molar-refractivity contribution in [2.24, 2.45) is 5.92 Å². The van der Waals surface area contributed by atoms with Gasteiger partial charge in [0.1, 0.15) is 11.9 Å². The fourth-order valence-electron chi connectivity index (χ4n) is 5.13. The van der Waals surface area contributed by atoms with Gasteiger partial charge in [-0.1, -0.05) is 30.3 Å². The summed E-state index contributed by atoms with van der Waals surface area (Å²) in [5.41, 5.74) is 0.898. The number of carbonyl (C=O) groups excluding carboxylic acids is 1. The molecule has 2 aliphatic heterocycles. The van der Waals surface area contributed by atoms with Crippen LogP contribution >= 0.6 is 0 Å². The highest BCUT2D eigenvalue weighted by atomic mass is 32.2. The molecule has 220 valence electrons. The van der Waals surface area contributed by atoms with Gasteiger partial charge in [-0.25, -0.2) is 13.2 Å². The molecule has 3 atom stereocenters. The van der Waals surface area contributed by atoms with Crippen LogP contribution in [0, 0.1) is 5.92 Å². The van der Waals surface area contributed by atoms with Gasteiger partial charge in [0.2, 0.25) is 10.0 Å². The largest absolute Gasteiger partial charge is 0.497 e. The lowest BCUT2D eigenvalue weighted by atomic mass is 9.94. The molecule has 3 N–H and O–H groups in total. The summed E-state index contributed by atoms with van der Waals surface area (Å²) in [6.45, 7) is 2.78. The lowest BCUT2D eigenvalue weighted by molar-refractivity contribution is 0.0646. The summed E-state index contributed by atoms with van der Waals surface area (Å²) in [5.74, 6) is 0.951. The molecule has 0 unspecified atom stereocenters. The number of methoxy groups -OCH3 is 1. The fourth-order valence-corrected chi connectivity index (χ4v) is 6.61. The molecule has 2 heterocycles. The Hall–Kier alpha value is -2.70. The number of aliphatic hydroxyl groups excluding tert-OH is 1. The number of piperidine rings is 1. The van der Waals surface area contributed by atoms with Crippen LogP contribution < -0.4 is 15.4 Å². The molecule has 40 heavy (non-hydrogen) atoms. The van der Waals surface area contributed by atoms with Crippen molar-refractivity contribution in [1.29, 1.82) is 0 Å². The molecule has 0 radical (unpaired) electrons. The first-order valence-electron chi connectivity index (χ1n) is 14.0. The van der Waals surface area contributed by atoms with Gasteiger partial charge in [0, 0.05) is 19.5 Å². The normalized spacial score (nSPS) is 19.7. The van der Waals surface area contributed by atoms with Crippen LogP contribution in [-0.4, -0.2) is 88.7 Å². The van der Waals surface area contributed by atoms with Gasteiger partial charge in [0.05, 0.1) is 37.4 Å². The molecular weight excluding hydrogens is 534 g/mol. The number of carbonyl (C=O) groups is 1. The number of sulfonamides is 1. The smallest absolute Gasteiger partial charge is 0.407 e. The second kappa shape index (κ2) is 14.8. The number of alkyl carbamates (subject to hydrolysis) is 1. The lowest BCUT2D eigenvalue weighted by Gasteiger charge is -2.31. The first-order chi connectivity index (χ1) is 19.3. The van der Waals surface area contributed by atoms with Crippen molar-refractivity contribution in [3.63, 3.8) is 0 Å². The Morgan fingerprint density at radius 1 is 1.12 bits per heavy atom. The second-order valence-corrected chi connectivity index (χ2v) is 12.4. The molecule has 2 fully saturated rings. The standard InChI is InChI=1S/C29H41N3O7S/c1-37-24-7-9-26(10-8-24)40(35,36)32(17-13-22-11-15-30-16-12-22)20-28(33)27(19-23-5-3-2-4-6-23)31-29(34)39-25-14-18-38-21-25/h2-10,22,25,27-28,30,33H,11-21H2,1H3,(H,31,34)/t25-,27-,28+/m0/s1. The van der Waals surface area contributed by atoms with Gasteiger partial charge in [-0.15, -0.1) is 0 Å². The monoisotopic (exact) mass is 575 g/mol. The molecule has 1 amide bonds. The number of hydrogen-bond donors (Lipinski definition) is 3. The minimum absolute atomic E-state index is 0.124. The highest BCUT2D eigenvalue weighted by molar-refractivity contribution is 7.89. The zero-order valence-electron chi connectivity index (χ0n) is 23.0. The zero-order valence-corrected chi connectivity index (χ0v) is 23.9. The van der Waals surface area contributed by atoms with E-state index >= 15 is 0 Å². The van der Waals surface area contributed by atoms with Crippen molar-refractivity contribution in [2.75, 3.05) is 46.5 Å². The number of amides is 1. The SMILES string of the molecule is COc1ccc(S(=O)(=O)N(CCC2CCNCC2)C[C@@H](O)[C@H](Cc2ccccc2)NC(=O)O[C@H]2CCOC2)cc1. The van der Waals surface area contributed by atoms with E-state index < -0.39 is 28.3 Å². The van der Waals surface area contributed by atoms with E-state index in [0.29, 0.717) is 44.1 Å². The molecule has 0 saturated carbocycles. The van der Waals surface area contributed by atoms with E-state index in [1.54, 1.807) is 12.1 Å². The van der Waals surface area contributed by atoms with E-state index in [0.717, 1.165) is 31.5 Å². The summed E-state index contributed by atoms with van der Waals surface area (Å²) >= 11 is 0. The Bertz CT molecular complexity index is 1150. The van der Waals surface area contributed by atoms with Crippen LogP contribution in [0.4, 0.5) is 4.79 Å². The number of aliphatic hydroxyl groups is 1. The first-order valence-corrected chi connectivity index (χ1v) is 15.4. The molecule has 0 spiro atoms. The van der Waals surface area contributed by atoms with Crippen LogP contribution in [0.1, 0.15) is 31.2 Å². The Balaban J connectivity index is 1.53. The van der Waals surface area contributed by atoms with E-state index in [1.807, 2.05) is 30.3 Å². The Kier molecular flexibility index (Phi) is 11.2. The second-order valence-electron chi connectivity index (χ2n) is 10.4. The summed E-state index contributed by atoms with van der Waals surface area (Å²) in [7, 11) is -2.41. The third-order valence-electron chi connectivity index (χ3n) is 7.56. The van der Waals surface area contributed by atoms with Crippen molar-refractivity contribution in [3.8, 4) is 5.75 Å². The van der Waals surface area contributed by atoms with Crippen LogP contribution in [0.5, 0.6) is 5.75 Å². The third kappa shape index (κ3) is 8.65. The molecule has 2 saturated heterocycles. The van der Waals surface area contributed by atoms with E-state index in [-0.39, 0.29) is 24.1 Å². The van der Waals surface area contributed by atoms with Crippen molar-refractivity contribution in [3.05, 3.63) is 60.2 Å². The van der Waals surface area contributed by atoms with E-state index in [9.17, 15) is 18.3 Å². The highest BCUT2D eigenvalue weighted by Gasteiger charge is 2.32. The number of nitrogens with zero attached hydrogens (tertiary/aromatic N) is 1. The first kappa shape index (κ1) is 30.3. The highest BCUT2D eigenvalue weighted by Crippen LogP contribution is 2.23. The summed E-state index contributed by atoms with van der Waals surface area (Å²) in [6.07, 6.45) is 1.38. The average molecular weight is 576 g/mol. The van der Waals surface area contributed by atoms with Crippen LogP contribution in [0.3, 0.4) is 0 Å². The fraction of sp³-hybridized carbons (Fsp3) is 0.552. The van der Waals surface area contributed by atoms with Gasteiger partial charge in [0.25, 0.3) is 0 Å². The number of nitrogens with one attached hydrogen (secondary N) is 2. The predicted molar refractivity (Wildman–Crippen MR) is 151 cm³/mol. The van der Waals surface area contributed by atoms with Crippen LogP contribution in [0.2, 0.25) is 0 Å². The maximum atomic E-state index is 13.8. The van der Waals surface area contributed by atoms with Gasteiger partial charge in [-0.3, -0.25) is 0 Å². The summed E-state index contributed by atoms with van der Waals surface area (Å²) in [4.78, 5) is 12.9. The molecule has 2 aromatic rings. The average Bonchev–Trinajstić information content (AvgIpc) is 3.48. The number of rotatable bonds is 13. The minimum atomic E-state index is -3.93. The molecule has 11 heteroatoms. The molecule has 0 aliphatic carbocycles. The Morgan fingerprint density at radius 2 is 1.85 bits per heavy atom. The molecule has 0 aromatic heterocycles. The maximum absolute atomic E-state index is 13.8. The summed E-state index contributed by atoms with van der Waals surface area (Å²) in [6, 6.07) is 14.9. The van der Waals surface area contributed by atoms with Gasteiger partial charge >= 0.3 is 6.09 Å². The summed E-state index contributed by atoms with van der Waals surface area (Å²) in [5, 5.41) is 17.6. The maximum Gasteiger partial charge on any atom is 0.407 e. The molecule has 4 rings (SSSR count). The van der Waals surface area contributed by atoms with Gasteiger partial charge in [0.15, 0.2) is 0 Å². The molecule has 2 aromatic carbocycles. The number of ether oxygens (including phenoxy) is 3. The van der Waals surface area contributed by atoms with E-state index in [1.165, 1.54) is 23.5 Å². The Morgan fingerprint density at radius 3 is 2.50 bits per heavy atom.